The van der Waals surface area contributed by atoms with Crippen molar-refractivity contribution in [3.8, 4) is 0 Å². The maximum absolute atomic E-state index is 14.0. The molecule has 49 heavy (non-hydrogen) atoms. The Morgan fingerprint density at radius 2 is 0.857 bits per heavy atom. The molecule has 0 aromatic heterocycles. The van der Waals surface area contributed by atoms with Crippen LogP contribution in [-0.4, -0.2) is 17.0 Å². The fourth-order valence-corrected chi connectivity index (χ4v) is 14.3. The average Bonchev–Trinajstić information content (AvgIpc) is 3.50. The number of hydrogen-bond acceptors (Lipinski definition) is 0. The maximum Gasteiger partial charge on any atom is 0.416 e. The standard InChI is InChI=1S/C35H35F12P2/c1-21(30-13-8-14-31(30)49(26-9-4-2-5-10-26)27-11-6-3-7-12-27)48(28-17-22(32(36,37)38)15-23(18-28)33(39,40)41)29-19-24(34(42,43)44)16-25(20-29)35(45,46)47/h8,13-21,26-27H,2-7,9-12H2,1H3/t21-/m1/s1. The van der Waals surface area contributed by atoms with Gasteiger partial charge in [0.1, 0.15) is 0 Å². The van der Waals surface area contributed by atoms with Crippen LogP contribution in [0.15, 0.2) is 36.4 Å². The first-order chi connectivity index (χ1) is 22.7. The molecule has 5 radical (unpaired) electrons. The molecule has 0 saturated heterocycles. The molecule has 0 spiro atoms. The van der Waals surface area contributed by atoms with Crippen LogP contribution >= 0.6 is 15.8 Å². The Kier molecular flexibility index (Phi) is 11.7. The van der Waals surface area contributed by atoms with Gasteiger partial charge in [0.15, 0.2) is 0 Å². The summed E-state index contributed by atoms with van der Waals surface area (Å²) < 4.78 is 169. The van der Waals surface area contributed by atoms with E-state index in [9.17, 15) is 52.7 Å². The van der Waals surface area contributed by atoms with Crippen LogP contribution in [0.1, 0.15) is 93.4 Å². The van der Waals surface area contributed by atoms with Gasteiger partial charge in [-0.2, -0.15) is 52.7 Å². The monoisotopic (exact) mass is 745 g/mol. The molecule has 3 saturated carbocycles. The van der Waals surface area contributed by atoms with Crippen molar-refractivity contribution in [2.75, 3.05) is 0 Å². The molecule has 269 valence electrons. The fraction of sp³-hybridized carbons (Fsp3) is 0.514. The summed E-state index contributed by atoms with van der Waals surface area (Å²) >= 11 is 0. The largest absolute Gasteiger partial charge is 0.416 e. The summed E-state index contributed by atoms with van der Waals surface area (Å²) in [4.78, 5) is 0. The summed E-state index contributed by atoms with van der Waals surface area (Å²) in [5.74, 6) is 0.560. The highest BCUT2D eigenvalue weighted by Gasteiger charge is 2.48. The molecule has 1 atom stereocenters. The smallest absolute Gasteiger partial charge is 0.166 e. The molecule has 14 heteroatoms. The summed E-state index contributed by atoms with van der Waals surface area (Å²) in [6.45, 7) is 1.50. The topological polar surface area (TPSA) is 0 Å². The lowest BCUT2D eigenvalue weighted by atomic mass is 9.99. The Morgan fingerprint density at radius 3 is 1.18 bits per heavy atom. The van der Waals surface area contributed by atoms with Crippen LogP contribution in [0.3, 0.4) is 0 Å². The molecule has 3 aliphatic rings. The second kappa shape index (κ2) is 14.8. The van der Waals surface area contributed by atoms with E-state index >= 15 is 0 Å². The molecule has 0 nitrogen and oxygen atoms in total. The number of hydrogen-bond donors (Lipinski definition) is 0. The van der Waals surface area contributed by atoms with Gasteiger partial charge >= 0.3 is 24.7 Å². The molecule has 0 amide bonds. The zero-order chi connectivity index (χ0) is 35.9. The van der Waals surface area contributed by atoms with Gasteiger partial charge in [-0.25, -0.2) is 0 Å². The van der Waals surface area contributed by atoms with E-state index in [4.69, 9.17) is 0 Å². The molecule has 0 aliphatic heterocycles. The molecule has 0 heterocycles. The van der Waals surface area contributed by atoms with E-state index in [1.807, 2.05) is 6.42 Å². The third-order valence-corrected chi connectivity index (χ3v) is 15.8. The summed E-state index contributed by atoms with van der Waals surface area (Å²) in [6, 6.07) is 1.59. The second-order valence-electron chi connectivity index (χ2n) is 12.9. The first-order valence-corrected chi connectivity index (χ1v) is 19.1. The van der Waals surface area contributed by atoms with Gasteiger partial charge in [-0.05, 0) is 123 Å². The van der Waals surface area contributed by atoms with Crippen molar-refractivity contribution >= 4 is 26.5 Å². The molecule has 2 aromatic rings. The minimum Gasteiger partial charge on any atom is -0.166 e. The van der Waals surface area contributed by atoms with Gasteiger partial charge in [0, 0.05) is 5.66 Å². The number of rotatable bonds is 7. The normalized spacial score (nSPS) is 20.9. The van der Waals surface area contributed by atoms with Gasteiger partial charge in [-0.15, -0.1) is 0 Å². The Morgan fingerprint density at radius 1 is 0.510 bits per heavy atom. The molecule has 5 rings (SSSR count). The zero-order valence-corrected chi connectivity index (χ0v) is 28.2. The lowest BCUT2D eigenvalue weighted by Crippen LogP contribution is -2.31. The van der Waals surface area contributed by atoms with E-state index in [2.05, 4.69) is 0 Å². The van der Waals surface area contributed by atoms with Crippen LogP contribution in [-0.2, 0) is 24.7 Å². The molecule has 3 fully saturated rings. The number of halogens is 12. The van der Waals surface area contributed by atoms with Crippen molar-refractivity contribution in [2.24, 2.45) is 0 Å². The van der Waals surface area contributed by atoms with E-state index in [-0.39, 0.29) is 12.1 Å². The average molecular weight is 746 g/mol. The van der Waals surface area contributed by atoms with Crippen molar-refractivity contribution < 1.29 is 52.7 Å². The van der Waals surface area contributed by atoms with Crippen LogP contribution in [0, 0.1) is 30.8 Å². The lowest BCUT2D eigenvalue weighted by Gasteiger charge is -2.45. The highest BCUT2D eigenvalue weighted by Crippen LogP contribution is 2.70. The SMILES string of the molecule is C[C@H]([C]1[CH][CH][CH][C]1P(C1CCCCC1)C1CCCCC1)P(c1cc(C(F)(F)F)cc(C(F)(F)F)c1)c1cc(C(F)(F)F)cc(C(F)(F)F)c1. The fourth-order valence-electron chi connectivity index (χ4n) is 7.31. The van der Waals surface area contributed by atoms with E-state index in [0.29, 0.717) is 41.5 Å². The second-order valence-corrected chi connectivity index (χ2v) is 18.2. The van der Waals surface area contributed by atoms with E-state index in [1.165, 1.54) is 6.92 Å². The quantitative estimate of drug-likeness (QED) is 0.196. The van der Waals surface area contributed by atoms with E-state index < -0.39 is 79.1 Å². The van der Waals surface area contributed by atoms with E-state index in [1.54, 1.807) is 12.8 Å². The van der Waals surface area contributed by atoms with Crippen LogP contribution < -0.4 is 10.6 Å². The molecule has 3 aliphatic carbocycles. The van der Waals surface area contributed by atoms with Gasteiger partial charge in [-0.1, -0.05) is 53.4 Å². The van der Waals surface area contributed by atoms with Crippen molar-refractivity contribution in [3.05, 3.63) is 89.5 Å². The van der Waals surface area contributed by atoms with Gasteiger partial charge in [-0.3, -0.25) is 0 Å². The van der Waals surface area contributed by atoms with Gasteiger partial charge in [0.2, 0.25) is 0 Å². The summed E-state index contributed by atoms with van der Waals surface area (Å²) in [5.41, 5.74) is -6.22. The van der Waals surface area contributed by atoms with Crippen LogP contribution in [0.4, 0.5) is 52.7 Å². The van der Waals surface area contributed by atoms with Gasteiger partial charge in [0.25, 0.3) is 0 Å². The van der Waals surface area contributed by atoms with Crippen LogP contribution in [0.2, 0.25) is 0 Å². The third-order valence-electron chi connectivity index (χ3n) is 9.58. The molecule has 0 N–H and O–H groups in total. The molecular formula is C35H35F12P2. The maximum atomic E-state index is 14.0. The summed E-state index contributed by atoms with van der Waals surface area (Å²) in [6.07, 6.45) is -5.70. The first-order valence-electron chi connectivity index (χ1n) is 16.2. The highest BCUT2D eigenvalue weighted by molar-refractivity contribution is 7.74. The minimum atomic E-state index is -5.27. The Bertz CT molecular complexity index is 1260. The number of benzene rings is 2. The van der Waals surface area contributed by atoms with Crippen LogP contribution in [0.5, 0.6) is 0 Å². The molecular weight excluding hydrogens is 710 g/mol. The Balaban J connectivity index is 1.70. The Labute approximate surface area is 281 Å². The predicted molar refractivity (Wildman–Crippen MR) is 169 cm³/mol. The van der Waals surface area contributed by atoms with Gasteiger partial charge < -0.3 is 0 Å². The number of alkyl halides is 12. The van der Waals surface area contributed by atoms with E-state index in [0.717, 1.165) is 69.9 Å². The first kappa shape index (κ1) is 38.7. The minimum absolute atomic E-state index is 0.0890. The third kappa shape index (κ3) is 9.10. The molecule has 2 aromatic carbocycles. The molecule has 0 bridgehead atoms. The highest BCUT2D eigenvalue weighted by atomic mass is 31.1. The zero-order valence-electron chi connectivity index (χ0n) is 26.4. The molecule has 0 unspecified atom stereocenters. The van der Waals surface area contributed by atoms with Gasteiger partial charge in [0.05, 0.1) is 22.3 Å². The van der Waals surface area contributed by atoms with Crippen molar-refractivity contribution in [2.45, 2.75) is 113 Å². The Hall–Kier alpha value is -1.54. The lowest BCUT2D eigenvalue weighted by molar-refractivity contribution is -0.144. The predicted octanol–water partition coefficient (Wildman–Crippen LogP) is 12.5. The summed E-state index contributed by atoms with van der Waals surface area (Å²) in [7, 11) is -3.56. The van der Waals surface area contributed by atoms with Crippen molar-refractivity contribution in [1.82, 2.24) is 0 Å². The summed E-state index contributed by atoms with van der Waals surface area (Å²) in [5, 5.41) is -1.21. The van der Waals surface area contributed by atoms with Crippen molar-refractivity contribution in [1.29, 1.82) is 0 Å². The van der Waals surface area contributed by atoms with Crippen molar-refractivity contribution in [3.63, 3.8) is 0 Å². The van der Waals surface area contributed by atoms with Crippen LogP contribution in [0.25, 0.3) is 0 Å².